The molecular formula is C14H25N3O2S. The van der Waals surface area contributed by atoms with Crippen molar-refractivity contribution in [2.45, 2.75) is 69.2 Å². The van der Waals surface area contributed by atoms with Gasteiger partial charge in [-0.05, 0) is 12.8 Å². The first-order valence-corrected chi connectivity index (χ1v) is 8.75. The Hall–Kier alpha value is -0.880. The van der Waals surface area contributed by atoms with Gasteiger partial charge in [0, 0.05) is 24.7 Å². The summed E-state index contributed by atoms with van der Waals surface area (Å²) in [5.74, 6) is 0. The first-order chi connectivity index (χ1) is 9.20. The standard InChI is InChI=1S/C14H25N3O2S/c1-14(2,3)13-12(10-17(4)15-13)20(18,19)16-11-8-6-5-7-9-11/h10-11,16H,5-9H2,1-4H3. The lowest BCUT2D eigenvalue weighted by Crippen LogP contribution is -2.37. The number of hydrogen-bond acceptors (Lipinski definition) is 3. The van der Waals surface area contributed by atoms with E-state index in [1.807, 2.05) is 20.8 Å². The van der Waals surface area contributed by atoms with Crippen LogP contribution in [-0.2, 0) is 22.5 Å². The Labute approximate surface area is 121 Å². The molecule has 1 heterocycles. The van der Waals surface area contributed by atoms with Crippen LogP contribution in [0.15, 0.2) is 11.1 Å². The molecular weight excluding hydrogens is 274 g/mol. The second kappa shape index (κ2) is 5.48. The van der Waals surface area contributed by atoms with Crippen molar-refractivity contribution in [2.75, 3.05) is 0 Å². The average molecular weight is 299 g/mol. The van der Waals surface area contributed by atoms with Crippen molar-refractivity contribution < 1.29 is 8.42 Å². The molecule has 0 saturated heterocycles. The van der Waals surface area contributed by atoms with Crippen LogP contribution in [0.1, 0.15) is 58.6 Å². The lowest BCUT2D eigenvalue weighted by Gasteiger charge is -2.23. The maximum absolute atomic E-state index is 12.6. The third kappa shape index (κ3) is 3.41. The van der Waals surface area contributed by atoms with Crippen LogP contribution in [0, 0.1) is 0 Å². The van der Waals surface area contributed by atoms with Gasteiger partial charge in [0.25, 0.3) is 0 Å². The van der Waals surface area contributed by atoms with E-state index in [1.54, 1.807) is 17.9 Å². The Bertz CT molecular complexity index is 564. The summed E-state index contributed by atoms with van der Waals surface area (Å²) in [6.07, 6.45) is 6.89. The highest BCUT2D eigenvalue weighted by Crippen LogP contribution is 2.28. The number of hydrogen-bond donors (Lipinski definition) is 1. The summed E-state index contributed by atoms with van der Waals surface area (Å²) in [6, 6.07) is 0.0711. The van der Waals surface area contributed by atoms with Gasteiger partial charge in [-0.1, -0.05) is 40.0 Å². The summed E-state index contributed by atoms with van der Waals surface area (Å²) in [7, 11) is -1.73. The molecule has 1 N–H and O–H groups in total. The average Bonchev–Trinajstić information content (AvgIpc) is 2.73. The zero-order valence-electron chi connectivity index (χ0n) is 12.8. The van der Waals surface area contributed by atoms with Crippen LogP contribution in [0.3, 0.4) is 0 Å². The van der Waals surface area contributed by atoms with Crippen LogP contribution >= 0.6 is 0 Å². The van der Waals surface area contributed by atoms with Gasteiger partial charge in [-0.2, -0.15) is 5.10 Å². The second-order valence-electron chi connectivity index (χ2n) is 6.72. The third-order valence-corrected chi connectivity index (χ3v) is 5.24. The van der Waals surface area contributed by atoms with Crippen molar-refractivity contribution in [3.63, 3.8) is 0 Å². The normalized spacial score (nSPS) is 18.4. The fourth-order valence-electron chi connectivity index (χ4n) is 2.69. The van der Waals surface area contributed by atoms with Crippen LogP contribution < -0.4 is 4.72 Å². The molecule has 0 radical (unpaired) electrons. The molecule has 6 heteroatoms. The number of sulfonamides is 1. The van der Waals surface area contributed by atoms with Crippen LogP contribution in [-0.4, -0.2) is 24.2 Å². The highest BCUT2D eigenvalue weighted by atomic mass is 32.2. The molecule has 1 fully saturated rings. The van der Waals surface area contributed by atoms with E-state index in [1.165, 1.54) is 6.42 Å². The molecule has 1 aliphatic rings. The molecule has 1 aliphatic carbocycles. The van der Waals surface area contributed by atoms with Gasteiger partial charge < -0.3 is 0 Å². The Balaban J connectivity index is 2.29. The molecule has 20 heavy (non-hydrogen) atoms. The monoisotopic (exact) mass is 299 g/mol. The maximum Gasteiger partial charge on any atom is 0.244 e. The summed E-state index contributed by atoms with van der Waals surface area (Å²) in [6.45, 7) is 5.94. The topological polar surface area (TPSA) is 64.0 Å². The molecule has 5 nitrogen and oxygen atoms in total. The minimum absolute atomic E-state index is 0.0711. The Kier molecular flexibility index (Phi) is 4.25. The van der Waals surface area contributed by atoms with Gasteiger partial charge in [-0.25, -0.2) is 13.1 Å². The molecule has 1 saturated carbocycles. The van der Waals surface area contributed by atoms with Crippen molar-refractivity contribution in [2.24, 2.45) is 7.05 Å². The number of rotatable bonds is 3. The summed E-state index contributed by atoms with van der Waals surface area (Å²) < 4.78 is 29.7. The van der Waals surface area contributed by atoms with Gasteiger partial charge >= 0.3 is 0 Å². The first-order valence-electron chi connectivity index (χ1n) is 7.26. The quantitative estimate of drug-likeness (QED) is 0.931. The van der Waals surface area contributed by atoms with E-state index < -0.39 is 10.0 Å². The minimum Gasteiger partial charge on any atom is -0.274 e. The predicted molar refractivity (Wildman–Crippen MR) is 79.1 cm³/mol. The van der Waals surface area contributed by atoms with E-state index in [9.17, 15) is 8.42 Å². The van der Waals surface area contributed by atoms with Crippen molar-refractivity contribution in [1.29, 1.82) is 0 Å². The SMILES string of the molecule is Cn1cc(S(=O)(=O)NC2CCCCC2)c(C(C)(C)C)n1. The van der Waals surface area contributed by atoms with Gasteiger partial charge in [0.15, 0.2) is 0 Å². The van der Waals surface area contributed by atoms with E-state index in [-0.39, 0.29) is 11.5 Å². The second-order valence-corrected chi connectivity index (χ2v) is 8.40. The van der Waals surface area contributed by atoms with Gasteiger partial charge in [0.05, 0.1) is 5.69 Å². The van der Waals surface area contributed by atoms with Crippen LogP contribution in [0.25, 0.3) is 0 Å². The number of nitrogens with one attached hydrogen (secondary N) is 1. The fraction of sp³-hybridized carbons (Fsp3) is 0.786. The highest BCUT2D eigenvalue weighted by molar-refractivity contribution is 7.89. The highest BCUT2D eigenvalue weighted by Gasteiger charge is 2.31. The molecule has 114 valence electrons. The van der Waals surface area contributed by atoms with Crippen LogP contribution in [0.5, 0.6) is 0 Å². The molecule has 0 atom stereocenters. The largest absolute Gasteiger partial charge is 0.274 e. The lowest BCUT2D eigenvalue weighted by molar-refractivity contribution is 0.411. The maximum atomic E-state index is 12.6. The Morgan fingerprint density at radius 1 is 1.25 bits per heavy atom. The summed E-state index contributed by atoms with van der Waals surface area (Å²) in [4.78, 5) is 0.318. The molecule has 0 aromatic carbocycles. The lowest BCUT2D eigenvalue weighted by atomic mass is 9.92. The number of aromatic nitrogens is 2. The third-order valence-electron chi connectivity index (χ3n) is 3.72. The molecule has 1 aromatic heterocycles. The van der Waals surface area contributed by atoms with E-state index in [4.69, 9.17) is 0 Å². The summed E-state index contributed by atoms with van der Waals surface area (Å²) >= 11 is 0. The van der Waals surface area contributed by atoms with Gasteiger partial charge in [-0.3, -0.25) is 4.68 Å². The smallest absolute Gasteiger partial charge is 0.244 e. The van der Waals surface area contributed by atoms with E-state index >= 15 is 0 Å². The van der Waals surface area contributed by atoms with E-state index in [0.717, 1.165) is 25.7 Å². The van der Waals surface area contributed by atoms with Crippen molar-refractivity contribution in [3.05, 3.63) is 11.9 Å². The Morgan fingerprint density at radius 2 is 1.85 bits per heavy atom. The Morgan fingerprint density at radius 3 is 2.40 bits per heavy atom. The molecule has 0 unspecified atom stereocenters. The van der Waals surface area contributed by atoms with Crippen LogP contribution in [0.4, 0.5) is 0 Å². The molecule has 0 spiro atoms. The van der Waals surface area contributed by atoms with E-state index in [2.05, 4.69) is 9.82 Å². The minimum atomic E-state index is -3.49. The number of nitrogens with zero attached hydrogens (tertiary/aromatic N) is 2. The van der Waals surface area contributed by atoms with Gasteiger partial charge in [-0.15, -0.1) is 0 Å². The van der Waals surface area contributed by atoms with Crippen molar-refractivity contribution >= 4 is 10.0 Å². The molecule has 0 aliphatic heterocycles. The van der Waals surface area contributed by atoms with Crippen molar-refractivity contribution in [1.82, 2.24) is 14.5 Å². The number of aryl methyl sites for hydroxylation is 1. The molecule has 2 rings (SSSR count). The first kappa shape index (κ1) is 15.5. The molecule has 1 aromatic rings. The zero-order valence-corrected chi connectivity index (χ0v) is 13.6. The predicted octanol–water partition coefficient (Wildman–Crippen LogP) is 2.33. The van der Waals surface area contributed by atoms with Crippen LogP contribution in [0.2, 0.25) is 0 Å². The van der Waals surface area contributed by atoms with Crippen molar-refractivity contribution in [3.8, 4) is 0 Å². The molecule has 0 amide bonds. The van der Waals surface area contributed by atoms with Gasteiger partial charge in [0.2, 0.25) is 10.0 Å². The van der Waals surface area contributed by atoms with Gasteiger partial charge in [0.1, 0.15) is 4.90 Å². The van der Waals surface area contributed by atoms with E-state index in [0.29, 0.717) is 10.6 Å². The zero-order chi connectivity index (χ0) is 15.0. The summed E-state index contributed by atoms with van der Waals surface area (Å²) in [5.41, 5.74) is 0.334. The molecule has 0 bridgehead atoms. The summed E-state index contributed by atoms with van der Waals surface area (Å²) in [5, 5.41) is 4.34. The fourth-order valence-corrected chi connectivity index (χ4v) is 4.38.